The third kappa shape index (κ3) is 19.3. The third-order valence-corrected chi connectivity index (χ3v) is 6.45. The van der Waals surface area contributed by atoms with Crippen molar-refractivity contribution < 1.29 is 18.9 Å². The smallest absolute Gasteiger partial charge is 0.0513 e. The maximum absolute atomic E-state index is 6.02. The van der Waals surface area contributed by atoms with Crippen LogP contribution in [0.1, 0.15) is 93.9 Å². The number of hydrogen-bond donors (Lipinski definition) is 0. The van der Waals surface area contributed by atoms with Crippen molar-refractivity contribution in [1.82, 2.24) is 0 Å². The molecule has 0 saturated carbocycles. The summed E-state index contributed by atoms with van der Waals surface area (Å²) in [6.45, 7) is 24.3. The van der Waals surface area contributed by atoms with Gasteiger partial charge in [-0.3, -0.25) is 0 Å². The van der Waals surface area contributed by atoms with E-state index >= 15 is 0 Å². The largest absolute Gasteiger partial charge is 0.381 e. The van der Waals surface area contributed by atoms with Gasteiger partial charge in [0.15, 0.2) is 0 Å². The summed E-state index contributed by atoms with van der Waals surface area (Å²) in [5.41, 5.74) is 0. The van der Waals surface area contributed by atoms with E-state index in [1.165, 1.54) is 38.5 Å². The quantitative estimate of drug-likeness (QED) is 0.162. The fourth-order valence-electron chi connectivity index (χ4n) is 3.47. The monoisotopic (exact) mass is 458 g/mol. The maximum atomic E-state index is 6.02. The molecule has 194 valence electrons. The van der Waals surface area contributed by atoms with E-state index in [1.807, 2.05) is 0 Å². The zero-order valence-corrected chi connectivity index (χ0v) is 23.0. The highest BCUT2D eigenvalue weighted by atomic mass is 16.5. The van der Waals surface area contributed by atoms with Gasteiger partial charge in [0.25, 0.3) is 0 Å². The fraction of sp³-hybridized carbons (Fsp3) is 1.00. The Morgan fingerprint density at radius 2 is 0.781 bits per heavy atom. The molecule has 0 aliphatic carbocycles. The molecule has 0 rings (SSSR count). The summed E-state index contributed by atoms with van der Waals surface area (Å²) in [5, 5.41) is 0. The molecule has 0 bridgehead atoms. The third-order valence-electron chi connectivity index (χ3n) is 6.45. The van der Waals surface area contributed by atoms with Crippen LogP contribution < -0.4 is 0 Å². The van der Waals surface area contributed by atoms with Gasteiger partial charge >= 0.3 is 0 Å². The normalized spacial score (nSPS) is 17.6. The molecule has 0 saturated heterocycles. The van der Waals surface area contributed by atoms with Gasteiger partial charge in [0, 0.05) is 31.0 Å². The Kier molecular flexibility index (Phi) is 21.3. The van der Waals surface area contributed by atoms with Crippen LogP contribution in [0, 0.1) is 35.5 Å². The van der Waals surface area contributed by atoms with Gasteiger partial charge in [-0.2, -0.15) is 0 Å². The van der Waals surface area contributed by atoms with Crippen LogP contribution in [0.15, 0.2) is 0 Å². The molecular formula is C28H58O4. The van der Waals surface area contributed by atoms with Crippen LogP contribution in [0.25, 0.3) is 0 Å². The summed E-state index contributed by atoms with van der Waals surface area (Å²) in [6, 6.07) is 0. The zero-order chi connectivity index (χ0) is 24.2. The number of ether oxygens (including phenoxy) is 4. The minimum atomic E-state index is 0.409. The van der Waals surface area contributed by atoms with Crippen LogP contribution in [0.4, 0.5) is 0 Å². The molecule has 0 fully saturated rings. The number of rotatable bonds is 23. The molecule has 6 unspecified atom stereocenters. The van der Waals surface area contributed by atoms with Gasteiger partial charge in [-0.15, -0.1) is 0 Å². The zero-order valence-electron chi connectivity index (χ0n) is 23.0. The predicted octanol–water partition coefficient (Wildman–Crippen LogP) is 7.25. The van der Waals surface area contributed by atoms with Crippen molar-refractivity contribution in [1.29, 1.82) is 0 Å². The first kappa shape index (κ1) is 31.8. The first-order chi connectivity index (χ1) is 15.3. The summed E-state index contributed by atoms with van der Waals surface area (Å²) in [6.07, 6.45) is 7.66. The van der Waals surface area contributed by atoms with Gasteiger partial charge in [0.1, 0.15) is 0 Å². The van der Waals surface area contributed by atoms with Crippen molar-refractivity contribution in [3.8, 4) is 0 Å². The van der Waals surface area contributed by atoms with Gasteiger partial charge in [0.2, 0.25) is 0 Å². The van der Waals surface area contributed by atoms with E-state index < -0.39 is 0 Å². The number of hydrogen-bond acceptors (Lipinski definition) is 4. The van der Waals surface area contributed by atoms with E-state index in [9.17, 15) is 0 Å². The first-order valence-corrected chi connectivity index (χ1v) is 13.6. The molecule has 4 heteroatoms. The summed E-state index contributed by atoms with van der Waals surface area (Å²) in [7, 11) is 0. The Hall–Kier alpha value is -0.160. The molecule has 6 atom stereocenters. The molecule has 0 aliphatic heterocycles. The van der Waals surface area contributed by atoms with Crippen LogP contribution in [0.3, 0.4) is 0 Å². The van der Waals surface area contributed by atoms with Crippen molar-refractivity contribution in [3.63, 3.8) is 0 Å². The van der Waals surface area contributed by atoms with E-state index in [4.69, 9.17) is 18.9 Å². The van der Waals surface area contributed by atoms with E-state index in [1.54, 1.807) is 0 Å². The lowest BCUT2D eigenvalue weighted by Crippen LogP contribution is -2.21. The van der Waals surface area contributed by atoms with Gasteiger partial charge in [-0.05, 0) is 24.2 Å². The van der Waals surface area contributed by atoms with Crippen molar-refractivity contribution in [3.05, 3.63) is 0 Å². The molecule has 0 aliphatic rings. The van der Waals surface area contributed by atoms with Crippen LogP contribution in [-0.2, 0) is 18.9 Å². The van der Waals surface area contributed by atoms with Crippen LogP contribution >= 0.6 is 0 Å². The van der Waals surface area contributed by atoms with E-state index in [0.29, 0.717) is 29.6 Å². The lowest BCUT2D eigenvalue weighted by atomic mass is 9.95. The van der Waals surface area contributed by atoms with Crippen molar-refractivity contribution >= 4 is 0 Å². The fourth-order valence-corrected chi connectivity index (χ4v) is 3.47. The molecule has 0 amide bonds. The van der Waals surface area contributed by atoms with E-state index in [2.05, 4.69) is 55.4 Å². The molecule has 32 heavy (non-hydrogen) atoms. The average molecular weight is 459 g/mol. The predicted molar refractivity (Wildman–Crippen MR) is 137 cm³/mol. The molecule has 0 heterocycles. The lowest BCUT2D eigenvalue weighted by molar-refractivity contribution is -0.00474. The molecule has 4 nitrogen and oxygen atoms in total. The van der Waals surface area contributed by atoms with Crippen molar-refractivity contribution in [2.75, 3.05) is 52.9 Å². The topological polar surface area (TPSA) is 36.9 Å². The van der Waals surface area contributed by atoms with Crippen LogP contribution in [-0.4, -0.2) is 52.9 Å². The second-order valence-corrected chi connectivity index (χ2v) is 10.7. The molecule has 0 aromatic carbocycles. The Morgan fingerprint density at radius 1 is 0.406 bits per heavy atom. The van der Waals surface area contributed by atoms with Gasteiger partial charge in [-0.1, -0.05) is 87.5 Å². The Balaban J connectivity index is 3.69. The minimum Gasteiger partial charge on any atom is -0.381 e. The Morgan fingerprint density at radius 3 is 1.16 bits per heavy atom. The first-order valence-electron chi connectivity index (χ1n) is 13.6. The second-order valence-electron chi connectivity index (χ2n) is 10.7. The van der Waals surface area contributed by atoms with Crippen molar-refractivity contribution in [2.45, 2.75) is 93.9 Å². The average Bonchev–Trinajstić information content (AvgIpc) is 2.77. The standard InChI is InChI=1S/C28H58O4/c1-9-23(4)13-12-14-28(11-3)22-32-21-27(8)20-31-19-26(7)18-30-17-25(6)16-29-15-24(5)10-2/h23-28H,9-22H2,1-8H3. The Labute approximate surface area is 201 Å². The van der Waals surface area contributed by atoms with Gasteiger partial charge < -0.3 is 18.9 Å². The van der Waals surface area contributed by atoms with Crippen molar-refractivity contribution in [2.24, 2.45) is 35.5 Å². The molecule has 0 radical (unpaired) electrons. The van der Waals surface area contributed by atoms with Gasteiger partial charge in [0.05, 0.1) is 39.6 Å². The molecule has 0 N–H and O–H groups in total. The highest BCUT2D eigenvalue weighted by molar-refractivity contribution is 4.60. The summed E-state index contributed by atoms with van der Waals surface area (Å²) < 4.78 is 23.6. The highest BCUT2D eigenvalue weighted by Gasteiger charge is 2.11. The molecule has 0 spiro atoms. The Bertz CT molecular complexity index is 390. The minimum absolute atomic E-state index is 0.409. The van der Waals surface area contributed by atoms with E-state index in [0.717, 1.165) is 58.8 Å². The highest BCUT2D eigenvalue weighted by Crippen LogP contribution is 2.18. The van der Waals surface area contributed by atoms with E-state index in [-0.39, 0.29) is 0 Å². The van der Waals surface area contributed by atoms with Crippen LogP contribution in [0.2, 0.25) is 0 Å². The lowest BCUT2D eigenvalue weighted by Gasteiger charge is -2.19. The van der Waals surface area contributed by atoms with Gasteiger partial charge in [-0.25, -0.2) is 0 Å². The summed E-state index contributed by atoms with van der Waals surface area (Å²) >= 11 is 0. The molecule has 0 aromatic rings. The van der Waals surface area contributed by atoms with Crippen LogP contribution in [0.5, 0.6) is 0 Å². The SMILES string of the molecule is CCC(C)CCCC(CC)COCC(C)COCC(C)COCC(C)COCC(C)CC. The molecular weight excluding hydrogens is 400 g/mol. The second kappa shape index (κ2) is 21.4. The maximum Gasteiger partial charge on any atom is 0.0513 e. The summed E-state index contributed by atoms with van der Waals surface area (Å²) in [4.78, 5) is 0. The molecule has 0 aromatic heterocycles. The summed E-state index contributed by atoms with van der Waals surface area (Å²) in [5.74, 6) is 3.48.